The Morgan fingerprint density at radius 3 is 2.84 bits per heavy atom. The Labute approximate surface area is 117 Å². The molecule has 0 fully saturated rings. The number of aliphatic hydroxyl groups is 1. The second-order valence-electron chi connectivity index (χ2n) is 4.55. The second kappa shape index (κ2) is 7.43. The number of hydrogen-bond donors (Lipinski definition) is 2. The molecule has 0 radical (unpaired) electrons. The highest BCUT2D eigenvalue weighted by Crippen LogP contribution is 2.22. The zero-order valence-corrected chi connectivity index (χ0v) is 11.7. The molecule has 0 aliphatic carbocycles. The third-order valence-electron chi connectivity index (χ3n) is 2.55. The summed E-state index contributed by atoms with van der Waals surface area (Å²) in [6.07, 6.45) is 0.207. The van der Waals surface area contributed by atoms with Crippen LogP contribution in [-0.2, 0) is 4.79 Å². The third-order valence-corrected chi connectivity index (χ3v) is 2.86. The molecule has 106 valence electrons. The number of nitrogens with zero attached hydrogens (tertiary/aromatic N) is 1. The zero-order valence-electron chi connectivity index (χ0n) is 11.0. The first-order chi connectivity index (χ1) is 8.88. The van der Waals surface area contributed by atoms with Gasteiger partial charge in [0.05, 0.1) is 23.4 Å². The lowest BCUT2D eigenvalue weighted by Gasteiger charge is -2.17. The number of rotatable bonds is 6. The highest BCUT2D eigenvalue weighted by molar-refractivity contribution is 6.33. The summed E-state index contributed by atoms with van der Waals surface area (Å²) in [6, 6.07) is 3.80. The van der Waals surface area contributed by atoms with E-state index in [-0.39, 0.29) is 17.5 Å². The molecule has 1 unspecified atom stereocenters. The fraction of sp³-hybridized carbons (Fsp3) is 0.462. The summed E-state index contributed by atoms with van der Waals surface area (Å²) in [5, 5.41) is 11.9. The van der Waals surface area contributed by atoms with E-state index in [2.05, 4.69) is 5.32 Å². The van der Waals surface area contributed by atoms with Gasteiger partial charge >= 0.3 is 0 Å². The second-order valence-corrected chi connectivity index (χ2v) is 4.96. The average molecular weight is 289 g/mol. The van der Waals surface area contributed by atoms with Crippen molar-refractivity contribution in [2.45, 2.75) is 19.4 Å². The van der Waals surface area contributed by atoms with Gasteiger partial charge in [-0.25, -0.2) is 4.39 Å². The van der Waals surface area contributed by atoms with Gasteiger partial charge in [0.15, 0.2) is 0 Å². The lowest BCUT2D eigenvalue weighted by Crippen LogP contribution is -2.32. The molecule has 1 amide bonds. The van der Waals surface area contributed by atoms with Crippen molar-refractivity contribution in [1.29, 1.82) is 0 Å². The predicted octanol–water partition coefficient (Wildman–Crippen LogP) is 2.12. The standard InChI is InChI=1S/C13H18ClFN2O2/c1-9(18)5-6-17(2)8-13(19)16-12-4-3-10(15)7-11(12)14/h3-4,7,9,18H,5-6,8H2,1-2H3,(H,16,19). The minimum atomic E-state index is -0.447. The third kappa shape index (κ3) is 6.00. The number of aliphatic hydroxyl groups excluding tert-OH is 1. The monoisotopic (exact) mass is 288 g/mol. The van der Waals surface area contributed by atoms with E-state index in [4.69, 9.17) is 16.7 Å². The number of halogens is 2. The van der Waals surface area contributed by atoms with Crippen molar-refractivity contribution in [1.82, 2.24) is 4.90 Å². The maximum atomic E-state index is 12.8. The quantitative estimate of drug-likeness (QED) is 0.843. The Balaban J connectivity index is 2.46. The van der Waals surface area contributed by atoms with Gasteiger partial charge in [0, 0.05) is 6.54 Å². The van der Waals surface area contributed by atoms with Crippen molar-refractivity contribution in [3.63, 3.8) is 0 Å². The van der Waals surface area contributed by atoms with Crippen LogP contribution in [0.1, 0.15) is 13.3 Å². The highest BCUT2D eigenvalue weighted by Gasteiger charge is 2.10. The van der Waals surface area contributed by atoms with E-state index in [0.717, 1.165) is 6.07 Å². The number of carbonyl (C=O) groups excluding carboxylic acids is 1. The molecular weight excluding hydrogens is 271 g/mol. The number of hydrogen-bond acceptors (Lipinski definition) is 3. The molecule has 0 saturated carbocycles. The summed E-state index contributed by atoms with van der Waals surface area (Å²) in [7, 11) is 1.79. The molecule has 1 rings (SSSR count). The van der Waals surface area contributed by atoms with Gasteiger partial charge in [-0.1, -0.05) is 11.6 Å². The zero-order chi connectivity index (χ0) is 14.4. The summed E-state index contributed by atoms with van der Waals surface area (Å²) in [5.41, 5.74) is 0.386. The summed E-state index contributed by atoms with van der Waals surface area (Å²) >= 11 is 5.81. The molecule has 0 spiro atoms. The van der Waals surface area contributed by atoms with Crippen molar-refractivity contribution < 1.29 is 14.3 Å². The maximum Gasteiger partial charge on any atom is 0.238 e. The Kier molecular flexibility index (Phi) is 6.21. The van der Waals surface area contributed by atoms with Crippen LogP contribution in [0.4, 0.5) is 10.1 Å². The molecule has 6 heteroatoms. The molecular formula is C13H18ClFN2O2. The minimum absolute atomic E-state index is 0.167. The van der Waals surface area contributed by atoms with Gasteiger partial charge in [0.1, 0.15) is 5.82 Å². The van der Waals surface area contributed by atoms with Gasteiger partial charge in [0.2, 0.25) is 5.91 Å². The number of anilines is 1. The van der Waals surface area contributed by atoms with Gasteiger partial charge < -0.3 is 10.4 Å². The number of nitrogens with one attached hydrogen (secondary N) is 1. The van der Waals surface area contributed by atoms with E-state index in [0.29, 0.717) is 18.7 Å². The van der Waals surface area contributed by atoms with Crippen molar-refractivity contribution in [2.24, 2.45) is 0 Å². The fourth-order valence-corrected chi connectivity index (χ4v) is 1.73. The summed E-state index contributed by atoms with van der Waals surface area (Å²) < 4.78 is 12.8. The molecule has 0 bridgehead atoms. The van der Waals surface area contributed by atoms with Crippen LogP contribution >= 0.6 is 11.6 Å². The Morgan fingerprint density at radius 2 is 2.26 bits per heavy atom. The van der Waals surface area contributed by atoms with E-state index >= 15 is 0 Å². The highest BCUT2D eigenvalue weighted by atomic mass is 35.5. The van der Waals surface area contributed by atoms with E-state index in [9.17, 15) is 9.18 Å². The SMILES string of the molecule is CC(O)CCN(C)CC(=O)Nc1ccc(F)cc1Cl. The molecule has 0 aliphatic rings. The molecule has 0 heterocycles. The number of likely N-dealkylation sites (N-methyl/N-ethyl adjacent to an activating group) is 1. The topological polar surface area (TPSA) is 52.6 Å². The Morgan fingerprint density at radius 1 is 1.58 bits per heavy atom. The lowest BCUT2D eigenvalue weighted by molar-refractivity contribution is -0.117. The number of benzene rings is 1. The average Bonchev–Trinajstić information content (AvgIpc) is 2.30. The van der Waals surface area contributed by atoms with Gasteiger partial charge in [-0.3, -0.25) is 9.69 Å². The fourth-order valence-electron chi connectivity index (χ4n) is 1.51. The first-order valence-corrected chi connectivity index (χ1v) is 6.38. The van der Waals surface area contributed by atoms with Crippen LogP contribution in [0.25, 0.3) is 0 Å². The van der Waals surface area contributed by atoms with Crippen LogP contribution in [0.2, 0.25) is 5.02 Å². The Bertz CT molecular complexity index is 441. The van der Waals surface area contributed by atoms with E-state index in [1.54, 1.807) is 18.9 Å². The van der Waals surface area contributed by atoms with E-state index in [1.807, 2.05) is 0 Å². The van der Waals surface area contributed by atoms with Gasteiger partial charge in [-0.15, -0.1) is 0 Å². The van der Waals surface area contributed by atoms with Crippen LogP contribution in [0.5, 0.6) is 0 Å². The summed E-state index contributed by atoms with van der Waals surface area (Å²) in [4.78, 5) is 13.5. The molecule has 2 N–H and O–H groups in total. The van der Waals surface area contributed by atoms with Crippen LogP contribution < -0.4 is 5.32 Å². The lowest BCUT2D eigenvalue weighted by atomic mass is 10.2. The molecule has 1 aromatic rings. The first kappa shape index (κ1) is 15.9. The predicted molar refractivity (Wildman–Crippen MR) is 73.8 cm³/mol. The van der Waals surface area contributed by atoms with Crippen LogP contribution in [0, 0.1) is 5.82 Å². The van der Waals surface area contributed by atoms with Crippen molar-refractivity contribution in [3.05, 3.63) is 29.0 Å². The van der Waals surface area contributed by atoms with E-state index < -0.39 is 11.9 Å². The summed E-state index contributed by atoms with van der Waals surface area (Å²) in [6.45, 7) is 2.49. The van der Waals surface area contributed by atoms with Crippen LogP contribution in [0.3, 0.4) is 0 Å². The van der Waals surface area contributed by atoms with E-state index in [1.165, 1.54) is 12.1 Å². The molecule has 1 atom stereocenters. The molecule has 1 aromatic carbocycles. The smallest absolute Gasteiger partial charge is 0.238 e. The van der Waals surface area contributed by atoms with Gasteiger partial charge in [0.25, 0.3) is 0 Å². The van der Waals surface area contributed by atoms with Crippen molar-refractivity contribution >= 4 is 23.2 Å². The molecule has 4 nitrogen and oxygen atoms in total. The Hall–Kier alpha value is -1.17. The van der Waals surface area contributed by atoms with Crippen LogP contribution in [0.15, 0.2) is 18.2 Å². The largest absolute Gasteiger partial charge is 0.393 e. The molecule has 0 aliphatic heterocycles. The molecule has 19 heavy (non-hydrogen) atoms. The molecule has 0 saturated heterocycles. The first-order valence-electron chi connectivity index (χ1n) is 6.00. The van der Waals surface area contributed by atoms with Crippen molar-refractivity contribution in [2.75, 3.05) is 25.5 Å². The van der Waals surface area contributed by atoms with Gasteiger partial charge in [-0.2, -0.15) is 0 Å². The maximum absolute atomic E-state index is 12.8. The molecule has 0 aromatic heterocycles. The van der Waals surface area contributed by atoms with Crippen molar-refractivity contribution in [3.8, 4) is 0 Å². The number of carbonyl (C=O) groups is 1. The summed E-state index contributed by atoms with van der Waals surface area (Å²) in [5.74, 6) is -0.682. The number of amides is 1. The van der Waals surface area contributed by atoms with Crippen LogP contribution in [-0.4, -0.2) is 42.2 Å². The minimum Gasteiger partial charge on any atom is -0.393 e. The van der Waals surface area contributed by atoms with Gasteiger partial charge in [-0.05, 0) is 38.6 Å². The normalized spacial score (nSPS) is 12.5.